The zero-order valence-electron chi connectivity index (χ0n) is 50.1. The van der Waals surface area contributed by atoms with Crippen molar-refractivity contribution >= 4 is 141 Å². The Balaban J connectivity index is 0.688. The summed E-state index contributed by atoms with van der Waals surface area (Å²) < 4.78 is 6.87. The normalized spacial score (nSPS) is 12.1. The molecular formula is C88H50N4O. The summed E-state index contributed by atoms with van der Waals surface area (Å²) in [4.78, 5) is 21.8. The summed E-state index contributed by atoms with van der Waals surface area (Å²) >= 11 is 0. The standard InChI is InChI=1S/C88H50N4O/c1-2-15-56-47-62(29-26-51(56)12-1)85-75-44-35-59(58-34-38-65-61(46-58)37-43-71-68(65)40-31-54-28-27-53-14-4-6-19-66(53)82(54)71)49-79(75)90-87(91-85)63-17-9-16-57(48-63)60-36-45-76-81(50-60)93-80-25-11-23-77(84(76)80)86-74-20-7-8-24-78(74)89-88(92-86)73-22-10-21-70-69(73)41-33-55-32-39-67-64-18-5-3-13-52(64)30-42-72(67)83(55)70/h1-50H. The topological polar surface area (TPSA) is 64.7 Å². The Morgan fingerprint density at radius 3 is 1.52 bits per heavy atom. The van der Waals surface area contributed by atoms with E-state index in [4.69, 9.17) is 24.4 Å². The molecule has 0 aliphatic heterocycles. The van der Waals surface area contributed by atoms with Gasteiger partial charge in [-0.2, -0.15) is 0 Å². The van der Waals surface area contributed by atoms with Crippen LogP contribution in [0.2, 0.25) is 0 Å². The van der Waals surface area contributed by atoms with E-state index in [0.29, 0.717) is 11.6 Å². The molecule has 5 heteroatoms. The molecule has 93 heavy (non-hydrogen) atoms. The predicted molar refractivity (Wildman–Crippen MR) is 390 cm³/mol. The molecule has 5 nitrogen and oxygen atoms in total. The van der Waals surface area contributed by atoms with Gasteiger partial charge in [-0.05, 0) is 174 Å². The highest BCUT2D eigenvalue weighted by molar-refractivity contribution is 6.27. The Labute approximate surface area is 532 Å². The van der Waals surface area contributed by atoms with Crippen LogP contribution in [0.15, 0.2) is 308 Å². The van der Waals surface area contributed by atoms with Gasteiger partial charge >= 0.3 is 0 Å². The largest absolute Gasteiger partial charge is 0.456 e. The number of nitrogens with zero attached hydrogens (tertiary/aromatic N) is 4. The van der Waals surface area contributed by atoms with Crippen LogP contribution >= 0.6 is 0 Å². The fourth-order valence-electron chi connectivity index (χ4n) is 15.1. The Morgan fingerprint density at radius 2 is 0.677 bits per heavy atom. The first-order valence-corrected chi connectivity index (χ1v) is 31.7. The molecule has 0 N–H and O–H groups in total. The smallest absolute Gasteiger partial charge is 0.161 e. The highest BCUT2D eigenvalue weighted by Crippen LogP contribution is 2.45. The van der Waals surface area contributed by atoms with Gasteiger partial charge in [0.2, 0.25) is 0 Å². The molecule has 0 aliphatic rings. The number of hydrogen-bond donors (Lipinski definition) is 0. The van der Waals surface area contributed by atoms with Crippen LogP contribution in [0.25, 0.3) is 208 Å². The second-order valence-corrected chi connectivity index (χ2v) is 24.7. The molecule has 0 saturated heterocycles. The average Bonchev–Trinajstić information content (AvgIpc) is 1.29. The third-order valence-electron chi connectivity index (χ3n) is 19.6. The lowest BCUT2D eigenvalue weighted by Gasteiger charge is -2.14. The highest BCUT2D eigenvalue weighted by atomic mass is 16.3. The molecule has 0 aliphatic carbocycles. The predicted octanol–water partition coefficient (Wildman–Crippen LogP) is 23.9. The lowest BCUT2D eigenvalue weighted by molar-refractivity contribution is 0.669. The van der Waals surface area contributed by atoms with E-state index in [1.807, 2.05) is 0 Å². The fourth-order valence-corrected chi connectivity index (χ4v) is 15.1. The summed E-state index contributed by atoms with van der Waals surface area (Å²) in [7, 11) is 0. The van der Waals surface area contributed by atoms with E-state index in [0.717, 1.165) is 110 Å². The molecule has 20 aromatic rings. The molecule has 428 valence electrons. The van der Waals surface area contributed by atoms with E-state index >= 15 is 0 Å². The van der Waals surface area contributed by atoms with E-state index < -0.39 is 0 Å². The van der Waals surface area contributed by atoms with Gasteiger partial charge in [-0.3, -0.25) is 0 Å². The zero-order chi connectivity index (χ0) is 60.8. The van der Waals surface area contributed by atoms with Crippen LogP contribution in [0.1, 0.15) is 0 Å². The van der Waals surface area contributed by atoms with Crippen LogP contribution in [-0.2, 0) is 0 Å². The minimum atomic E-state index is 0.652. The fraction of sp³-hybridized carbons (Fsp3) is 0. The van der Waals surface area contributed by atoms with E-state index in [-0.39, 0.29) is 0 Å². The number of hydrogen-bond acceptors (Lipinski definition) is 5. The molecule has 3 heterocycles. The zero-order valence-corrected chi connectivity index (χ0v) is 50.1. The third kappa shape index (κ3) is 8.07. The molecule has 0 spiro atoms. The highest BCUT2D eigenvalue weighted by Gasteiger charge is 2.22. The summed E-state index contributed by atoms with van der Waals surface area (Å²) in [5.41, 5.74) is 13.3. The molecular weight excluding hydrogens is 1130 g/mol. The number of para-hydroxylation sites is 1. The minimum Gasteiger partial charge on any atom is -0.456 e. The van der Waals surface area contributed by atoms with Gasteiger partial charge in [-0.1, -0.05) is 249 Å². The number of aromatic nitrogens is 4. The number of benzene rings is 17. The van der Waals surface area contributed by atoms with Gasteiger partial charge in [-0.25, -0.2) is 19.9 Å². The lowest BCUT2D eigenvalue weighted by atomic mass is 9.92. The second kappa shape index (κ2) is 20.0. The van der Waals surface area contributed by atoms with Gasteiger partial charge in [0.05, 0.1) is 22.4 Å². The molecule has 0 amide bonds. The molecule has 0 unspecified atom stereocenters. The second-order valence-electron chi connectivity index (χ2n) is 24.7. The molecule has 0 bridgehead atoms. The molecule has 0 atom stereocenters. The average molecular weight is 1180 g/mol. The quantitative estimate of drug-likeness (QED) is 0.155. The molecule has 3 aromatic heterocycles. The third-order valence-corrected chi connectivity index (χ3v) is 19.6. The van der Waals surface area contributed by atoms with Crippen LogP contribution < -0.4 is 0 Å². The van der Waals surface area contributed by atoms with Crippen molar-refractivity contribution in [3.05, 3.63) is 303 Å². The van der Waals surface area contributed by atoms with Crippen molar-refractivity contribution in [2.45, 2.75) is 0 Å². The Morgan fingerprint density at radius 1 is 0.194 bits per heavy atom. The molecule has 0 fully saturated rings. The van der Waals surface area contributed by atoms with Crippen molar-refractivity contribution in [3.8, 4) is 67.5 Å². The van der Waals surface area contributed by atoms with Gasteiger partial charge in [0.25, 0.3) is 0 Å². The van der Waals surface area contributed by atoms with Crippen LogP contribution in [0.3, 0.4) is 0 Å². The number of furan rings is 1. The van der Waals surface area contributed by atoms with Crippen LogP contribution in [0.4, 0.5) is 0 Å². The van der Waals surface area contributed by atoms with Crippen molar-refractivity contribution in [2.24, 2.45) is 0 Å². The molecule has 20 rings (SSSR count). The maximum atomic E-state index is 6.87. The van der Waals surface area contributed by atoms with Crippen molar-refractivity contribution in [2.75, 3.05) is 0 Å². The van der Waals surface area contributed by atoms with Gasteiger partial charge in [0.15, 0.2) is 11.6 Å². The monoisotopic (exact) mass is 1180 g/mol. The van der Waals surface area contributed by atoms with Crippen LogP contribution in [-0.4, -0.2) is 19.9 Å². The molecule has 17 aromatic carbocycles. The van der Waals surface area contributed by atoms with Gasteiger partial charge in [0, 0.05) is 43.8 Å². The number of rotatable bonds is 6. The van der Waals surface area contributed by atoms with Crippen molar-refractivity contribution in [1.29, 1.82) is 0 Å². The van der Waals surface area contributed by atoms with Crippen LogP contribution in [0.5, 0.6) is 0 Å². The van der Waals surface area contributed by atoms with Gasteiger partial charge in [-0.15, -0.1) is 0 Å². The van der Waals surface area contributed by atoms with Crippen molar-refractivity contribution in [3.63, 3.8) is 0 Å². The van der Waals surface area contributed by atoms with Crippen LogP contribution in [0, 0.1) is 0 Å². The summed E-state index contributed by atoms with van der Waals surface area (Å²) in [5.74, 6) is 1.33. The Kier molecular flexibility index (Phi) is 11.1. The lowest BCUT2D eigenvalue weighted by Crippen LogP contribution is -1.96. The maximum Gasteiger partial charge on any atom is 0.161 e. The first-order valence-electron chi connectivity index (χ1n) is 31.7. The summed E-state index contributed by atoms with van der Waals surface area (Å²) in [5, 5.41) is 26.1. The van der Waals surface area contributed by atoms with E-state index in [2.05, 4.69) is 303 Å². The first-order chi connectivity index (χ1) is 46.0. The van der Waals surface area contributed by atoms with E-state index in [1.54, 1.807) is 0 Å². The van der Waals surface area contributed by atoms with Crippen molar-refractivity contribution < 1.29 is 4.42 Å². The van der Waals surface area contributed by atoms with Gasteiger partial charge in [0.1, 0.15) is 11.2 Å². The molecule has 0 radical (unpaired) electrons. The van der Waals surface area contributed by atoms with E-state index in [9.17, 15) is 0 Å². The SMILES string of the molecule is c1cc(-c2ccc3c(c2)oc2cccc(-c4nc(-c5cccc6c5ccc5ccc7c8ccccc8ccc7c56)nc5ccccc45)c23)cc(-c2nc(-c3ccc4ccccc4c3)c3ccc(-c4ccc5c(ccc6c5ccc5ccc7ccccc7c56)c4)cc3n2)c1. The van der Waals surface area contributed by atoms with Crippen molar-refractivity contribution in [1.82, 2.24) is 19.9 Å². The summed E-state index contributed by atoms with van der Waals surface area (Å²) in [6, 6.07) is 110. The first kappa shape index (κ1) is 51.4. The van der Waals surface area contributed by atoms with E-state index in [1.165, 1.54) is 86.2 Å². The maximum absolute atomic E-state index is 6.87. The summed E-state index contributed by atoms with van der Waals surface area (Å²) in [6.07, 6.45) is 0. The van der Waals surface area contributed by atoms with Gasteiger partial charge < -0.3 is 4.42 Å². The summed E-state index contributed by atoms with van der Waals surface area (Å²) in [6.45, 7) is 0. The Hall–Kier alpha value is -12.4. The Bertz CT molecular complexity index is 6640. The molecule has 0 saturated carbocycles. The minimum absolute atomic E-state index is 0.652. The number of fused-ring (bicyclic) bond motifs is 20.